The van der Waals surface area contributed by atoms with E-state index in [2.05, 4.69) is 48.4 Å². The van der Waals surface area contributed by atoms with Crippen molar-refractivity contribution >= 4 is 17.3 Å². The van der Waals surface area contributed by atoms with Crippen LogP contribution in [0.5, 0.6) is 0 Å². The molecule has 2 N–H and O–H groups in total. The first kappa shape index (κ1) is 18.4. The summed E-state index contributed by atoms with van der Waals surface area (Å²) in [5.74, 6) is 0.818. The van der Waals surface area contributed by atoms with Crippen LogP contribution in [-0.4, -0.2) is 27.3 Å². The third kappa shape index (κ3) is 4.56. The number of hydrogen-bond donors (Lipinski definition) is 2. The summed E-state index contributed by atoms with van der Waals surface area (Å²) in [4.78, 5) is 10.4. The third-order valence-electron chi connectivity index (χ3n) is 3.84. The van der Waals surface area contributed by atoms with Crippen molar-refractivity contribution in [2.24, 2.45) is 12.0 Å². The van der Waals surface area contributed by atoms with Gasteiger partial charge in [-0.1, -0.05) is 13.8 Å². The molecule has 7 heteroatoms. The Labute approximate surface area is 148 Å². The molecule has 2 heterocycles. The Bertz CT molecular complexity index is 685. The van der Waals surface area contributed by atoms with Crippen LogP contribution in [0.3, 0.4) is 0 Å². The van der Waals surface area contributed by atoms with Gasteiger partial charge in [0.05, 0.1) is 18.8 Å². The molecule has 6 nitrogen and oxygen atoms in total. The van der Waals surface area contributed by atoms with Gasteiger partial charge < -0.3 is 10.6 Å². The van der Waals surface area contributed by atoms with E-state index in [0.717, 1.165) is 36.0 Å². The smallest absolute Gasteiger partial charge is 0.191 e. The van der Waals surface area contributed by atoms with E-state index < -0.39 is 0 Å². The lowest BCUT2D eigenvalue weighted by molar-refractivity contribution is 0.703. The number of hydrogen-bond acceptors (Lipinski definition) is 4. The Balaban J connectivity index is 2.10. The minimum Gasteiger partial charge on any atom is -0.357 e. The highest BCUT2D eigenvalue weighted by Crippen LogP contribution is 2.16. The summed E-state index contributed by atoms with van der Waals surface area (Å²) in [7, 11) is 2.01. The molecule has 132 valence electrons. The number of nitrogens with one attached hydrogen (secondary N) is 2. The molecule has 0 spiro atoms. The molecule has 2 aromatic heterocycles. The summed E-state index contributed by atoms with van der Waals surface area (Å²) in [6, 6.07) is 0. The largest absolute Gasteiger partial charge is 0.357 e. The molecule has 0 aliphatic carbocycles. The molecular weight excluding hydrogens is 320 g/mol. The van der Waals surface area contributed by atoms with Gasteiger partial charge in [0.2, 0.25) is 0 Å². The molecule has 0 aliphatic rings. The van der Waals surface area contributed by atoms with Crippen molar-refractivity contribution in [3.8, 4) is 0 Å². The van der Waals surface area contributed by atoms with Crippen LogP contribution in [0.4, 0.5) is 0 Å². The first-order valence-corrected chi connectivity index (χ1v) is 9.37. The number of aryl methyl sites for hydroxylation is 3. The molecule has 0 amide bonds. The fourth-order valence-corrected chi connectivity index (χ4v) is 3.44. The monoisotopic (exact) mass is 348 g/mol. The summed E-state index contributed by atoms with van der Waals surface area (Å²) < 4.78 is 1.99. The molecule has 0 saturated heterocycles. The maximum Gasteiger partial charge on any atom is 0.191 e. The molecule has 0 aromatic carbocycles. The van der Waals surface area contributed by atoms with Crippen molar-refractivity contribution in [2.45, 2.75) is 53.6 Å². The Morgan fingerprint density at radius 1 is 1.25 bits per heavy atom. The molecule has 0 bridgehead atoms. The molecule has 0 aliphatic heterocycles. The fraction of sp³-hybridized carbons (Fsp3) is 0.588. The number of guanidine groups is 1. The third-order valence-corrected chi connectivity index (χ3v) is 4.76. The van der Waals surface area contributed by atoms with Crippen LogP contribution in [0.15, 0.2) is 11.2 Å². The van der Waals surface area contributed by atoms with Gasteiger partial charge in [0.15, 0.2) is 5.96 Å². The molecule has 0 saturated carbocycles. The average Bonchev–Trinajstić information content (AvgIpc) is 3.12. The topological polar surface area (TPSA) is 67.1 Å². The van der Waals surface area contributed by atoms with E-state index in [-0.39, 0.29) is 0 Å². The molecule has 24 heavy (non-hydrogen) atoms. The van der Waals surface area contributed by atoms with Crippen LogP contribution in [0, 0.1) is 6.92 Å². The highest BCUT2D eigenvalue weighted by Gasteiger charge is 2.13. The van der Waals surface area contributed by atoms with Gasteiger partial charge in [-0.15, -0.1) is 11.3 Å². The van der Waals surface area contributed by atoms with Gasteiger partial charge in [0.25, 0.3) is 0 Å². The van der Waals surface area contributed by atoms with Gasteiger partial charge in [-0.3, -0.25) is 4.68 Å². The lowest BCUT2D eigenvalue weighted by Crippen LogP contribution is -2.36. The number of aromatic nitrogens is 3. The van der Waals surface area contributed by atoms with Crippen molar-refractivity contribution in [2.75, 3.05) is 6.54 Å². The summed E-state index contributed by atoms with van der Waals surface area (Å²) in [5, 5.41) is 12.4. The van der Waals surface area contributed by atoms with Crippen LogP contribution in [0.1, 0.15) is 47.6 Å². The second-order valence-corrected chi connectivity index (χ2v) is 6.94. The van der Waals surface area contributed by atoms with E-state index in [0.29, 0.717) is 13.1 Å². The first-order valence-electron chi connectivity index (χ1n) is 8.56. The minimum atomic E-state index is 0.645. The first-order chi connectivity index (χ1) is 11.6. The zero-order chi connectivity index (χ0) is 17.5. The summed E-state index contributed by atoms with van der Waals surface area (Å²) in [6.45, 7) is 10.6. The molecular formula is C17H28N6S. The van der Waals surface area contributed by atoms with Gasteiger partial charge in [-0.05, 0) is 26.7 Å². The van der Waals surface area contributed by atoms with Crippen molar-refractivity contribution in [3.05, 3.63) is 33.0 Å². The average molecular weight is 349 g/mol. The number of rotatable bonds is 7. The minimum absolute atomic E-state index is 0.645. The summed E-state index contributed by atoms with van der Waals surface area (Å²) in [6.07, 6.45) is 3.81. The van der Waals surface area contributed by atoms with Gasteiger partial charge in [-0.25, -0.2) is 9.98 Å². The van der Waals surface area contributed by atoms with Crippen molar-refractivity contribution < 1.29 is 0 Å². The second kappa shape index (κ2) is 8.82. The highest BCUT2D eigenvalue weighted by molar-refractivity contribution is 7.11. The van der Waals surface area contributed by atoms with E-state index in [9.17, 15) is 0 Å². The zero-order valence-electron chi connectivity index (χ0n) is 15.3. The number of aliphatic imine (C=N–C) groups is 1. The van der Waals surface area contributed by atoms with Crippen molar-refractivity contribution in [1.82, 2.24) is 25.4 Å². The number of thiazole rings is 1. The Hall–Kier alpha value is -1.89. The van der Waals surface area contributed by atoms with Gasteiger partial charge in [0, 0.05) is 35.9 Å². The van der Waals surface area contributed by atoms with Crippen molar-refractivity contribution in [1.29, 1.82) is 0 Å². The zero-order valence-corrected chi connectivity index (χ0v) is 16.1. The van der Waals surface area contributed by atoms with Gasteiger partial charge >= 0.3 is 0 Å². The normalized spacial score (nSPS) is 11.8. The second-order valence-electron chi connectivity index (χ2n) is 5.62. The Morgan fingerprint density at radius 2 is 2.04 bits per heavy atom. The molecule has 0 radical (unpaired) electrons. The predicted octanol–water partition coefficient (Wildman–Crippen LogP) is 2.57. The SMILES string of the molecule is CCNC(=NCc1c(CC)nn(C)c1CC)NCc1ncc(C)s1. The molecule has 2 aromatic rings. The maximum atomic E-state index is 4.75. The highest BCUT2D eigenvalue weighted by atomic mass is 32.1. The van der Waals surface area contributed by atoms with Crippen LogP contribution in [0.2, 0.25) is 0 Å². The van der Waals surface area contributed by atoms with E-state index >= 15 is 0 Å². The quantitative estimate of drug-likeness (QED) is 0.596. The molecule has 2 rings (SSSR count). The van der Waals surface area contributed by atoms with Crippen molar-refractivity contribution in [3.63, 3.8) is 0 Å². The van der Waals surface area contributed by atoms with E-state index in [4.69, 9.17) is 4.99 Å². The van der Waals surface area contributed by atoms with Crippen LogP contribution >= 0.6 is 11.3 Å². The van der Waals surface area contributed by atoms with Crippen LogP contribution < -0.4 is 10.6 Å². The lowest BCUT2D eigenvalue weighted by atomic mass is 10.1. The maximum absolute atomic E-state index is 4.75. The standard InChI is InChI=1S/C17H28N6S/c1-6-14-13(15(7-2)23(5)22-14)10-20-17(18-8-3)21-11-16-19-9-12(4)24-16/h9H,6-8,10-11H2,1-5H3,(H2,18,20,21). The molecule has 0 unspecified atom stereocenters. The lowest BCUT2D eigenvalue weighted by Gasteiger charge is -2.10. The Morgan fingerprint density at radius 3 is 2.62 bits per heavy atom. The Kier molecular flexibility index (Phi) is 6.78. The number of nitrogens with zero attached hydrogens (tertiary/aromatic N) is 4. The fourth-order valence-electron chi connectivity index (χ4n) is 2.71. The van der Waals surface area contributed by atoms with Gasteiger partial charge in [-0.2, -0.15) is 5.10 Å². The van der Waals surface area contributed by atoms with Gasteiger partial charge in [0.1, 0.15) is 5.01 Å². The summed E-state index contributed by atoms with van der Waals surface area (Å²) >= 11 is 1.71. The van der Waals surface area contributed by atoms with Crippen LogP contribution in [0.25, 0.3) is 0 Å². The molecule has 0 atom stereocenters. The molecule has 0 fully saturated rings. The summed E-state index contributed by atoms with van der Waals surface area (Å²) in [5.41, 5.74) is 3.66. The van der Waals surface area contributed by atoms with E-state index in [1.807, 2.05) is 17.9 Å². The van der Waals surface area contributed by atoms with E-state index in [1.54, 1.807) is 11.3 Å². The predicted molar refractivity (Wildman–Crippen MR) is 100 cm³/mol. The van der Waals surface area contributed by atoms with E-state index in [1.165, 1.54) is 16.1 Å². The van der Waals surface area contributed by atoms with Crippen LogP contribution in [-0.2, 0) is 33.0 Å².